The molecule has 0 amide bonds. The van der Waals surface area contributed by atoms with Gasteiger partial charge in [0.1, 0.15) is 11.6 Å². The Kier molecular flexibility index (Phi) is 2.05. The van der Waals surface area contributed by atoms with Gasteiger partial charge in [-0.3, -0.25) is 4.18 Å². The Bertz CT molecular complexity index is 242. The Morgan fingerprint density at radius 2 is 2.30 bits per heavy atom. The normalized spacial score (nSPS) is 25.1. The van der Waals surface area contributed by atoms with E-state index in [0.29, 0.717) is 6.42 Å². The van der Waals surface area contributed by atoms with Gasteiger partial charge in [-0.2, -0.15) is 8.42 Å². The van der Waals surface area contributed by atoms with Crippen LogP contribution < -0.4 is 0 Å². The summed E-state index contributed by atoms with van der Waals surface area (Å²) in [5.41, 5.74) is 0. The van der Waals surface area contributed by atoms with Gasteiger partial charge in [0.15, 0.2) is 0 Å². The summed E-state index contributed by atoms with van der Waals surface area (Å²) in [5, 5.41) is 0. The molecule has 0 N–H and O–H groups in total. The molecule has 5 heteroatoms. The molecule has 0 bridgehead atoms. The predicted molar refractivity (Wildman–Crippen MR) is 33.5 cm³/mol. The van der Waals surface area contributed by atoms with Crippen molar-refractivity contribution in [2.45, 2.75) is 6.42 Å². The smallest absolute Gasteiger partial charge is 0.269 e. The molecule has 10 heavy (non-hydrogen) atoms. The molecule has 0 atom stereocenters. The van der Waals surface area contributed by atoms with Crippen LogP contribution in [-0.2, 0) is 14.3 Å². The fourth-order valence-corrected chi connectivity index (χ4v) is 1.55. The molecule has 1 aliphatic heterocycles. The van der Waals surface area contributed by atoms with Gasteiger partial charge in [0.05, 0.1) is 6.61 Å². The highest BCUT2D eigenvalue weighted by Gasteiger charge is 2.16. The third-order valence-corrected chi connectivity index (χ3v) is 2.22. The van der Waals surface area contributed by atoms with Gasteiger partial charge in [-0.1, -0.05) is 0 Å². The van der Waals surface area contributed by atoms with Gasteiger partial charge in [0.25, 0.3) is 10.1 Å². The van der Waals surface area contributed by atoms with E-state index in [-0.39, 0.29) is 6.61 Å². The van der Waals surface area contributed by atoms with Crippen molar-refractivity contribution in [1.82, 2.24) is 0 Å². The lowest BCUT2D eigenvalue weighted by Crippen LogP contribution is -2.08. The molecule has 0 saturated heterocycles. The minimum Gasteiger partial charge on any atom is -0.269 e. The van der Waals surface area contributed by atoms with Crippen LogP contribution in [0.5, 0.6) is 0 Å². The van der Waals surface area contributed by atoms with Crippen molar-refractivity contribution in [3.05, 3.63) is 11.9 Å². The molecule has 1 aliphatic rings. The first-order valence-electron chi connectivity index (χ1n) is 2.82. The maximum absolute atomic E-state index is 12.3. The summed E-state index contributed by atoms with van der Waals surface area (Å²) in [6.07, 6.45) is 1.55. The molecular formula is C5H7FO3S. The third-order valence-electron chi connectivity index (χ3n) is 1.06. The van der Waals surface area contributed by atoms with Gasteiger partial charge in [-0.15, -0.1) is 0 Å². The minimum atomic E-state index is -3.61. The Labute approximate surface area is 58.6 Å². The predicted octanol–water partition coefficient (Wildman–Crippen LogP) is 0.590. The highest BCUT2D eigenvalue weighted by Crippen LogP contribution is 2.10. The van der Waals surface area contributed by atoms with E-state index in [1.54, 1.807) is 0 Å². The Morgan fingerprint density at radius 3 is 3.00 bits per heavy atom. The van der Waals surface area contributed by atoms with Crippen LogP contribution in [0.2, 0.25) is 0 Å². The average Bonchev–Trinajstić information content (AvgIpc) is 1.90. The van der Waals surface area contributed by atoms with Crippen LogP contribution in [0.4, 0.5) is 4.39 Å². The van der Waals surface area contributed by atoms with Crippen LogP contribution >= 0.6 is 0 Å². The summed E-state index contributed by atoms with van der Waals surface area (Å²) >= 11 is 0. The molecule has 0 aromatic rings. The number of rotatable bonds is 0. The Balaban J connectivity index is 2.79. The number of hydrogen-bond donors (Lipinski definition) is 0. The quantitative estimate of drug-likeness (QED) is 0.495. The molecule has 3 nitrogen and oxygen atoms in total. The molecule has 0 spiro atoms. The average molecular weight is 166 g/mol. The van der Waals surface area contributed by atoms with Crippen LogP contribution in [0.15, 0.2) is 11.9 Å². The summed E-state index contributed by atoms with van der Waals surface area (Å²) in [6, 6.07) is 0. The van der Waals surface area contributed by atoms with E-state index < -0.39 is 21.7 Å². The third kappa shape index (κ3) is 2.07. The van der Waals surface area contributed by atoms with Crippen molar-refractivity contribution in [3.63, 3.8) is 0 Å². The first-order chi connectivity index (χ1) is 4.60. The van der Waals surface area contributed by atoms with Gasteiger partial charge in [-0.05, 0) is 12.5 Å². The number of hydrogen-bond acceptors (Lipinski definition) is 3. The Morgan fingerprint density at radius 1 is 1.60 bits per heavy atom. The van der Waals surface area contributed by atoms with E-state index in [1.165, 1.54) is 6.08 Å². The molecule has 1 heterocycles. The van der Waals surface area contributed by atoms with E-state index in [9.17, 15) is 12.8 Å². The van der Waals surface area contributed by atoms with Gasteiger partial charge in [0, 0.05) is 0 Å². The largest absolute Gasteiger partial charge is 0.273 e. The monoisotopic (exact) mass is 166 g/mol. The highest BCUT2D eigenvalue weighted by atomic mass is 32.2. The fourth-order valence-electron chi connectivity index (χ4n) is 0.660. The van der Waals surface area contributed by atoms with Gasteiger partial charge < -0.3 is 0 Å². The summed E-state index contributed by atoms with van der Waals surface area (Å²) in [4.78, 5) is 0. The van der Waals surface area contributed by atoms with Crippen molar-refractivity contribution in [3.8, 4) is 0 Å². The molecule has 0 aromatic heterocycles. The SMILES string of the molecule is O=S1(=O)CC(F)=CCCO1. The molecule has 0 radical (unpaired) electrons. The number of halogens is 1. The van der Waals surface area contributed by atoms with Gasteiger partial charge in [0.2, 0.25) is 0 Å². The summed E-state index contributed by atoms with van der Waals surface area (Å²) in [6.45, 7) is 0.0513. The zero-order valence-corrected chi connectivity index (χ0v) is 6.03. The maximum atomic E-state index is 12.3. The first kappa shape index (κ1) is 7.68. The first-order valence-corrected chi connectivity index (χ1v) is 4.39. The molecule has 0 aliphatic carbocycles. The van der Waals surface area contributed by atoms with Crippen molar-refractivity contribution in [1.29, 1.82) is 0 Å². The molecule has 58 valence electrons. The van der Waals surface area contributed by atoms with E-state index in [0.717, 1.165) is 0 Å². The standard InChI is InChI=1S/C5H7FO3S/c6-5-2-1-3-9-10(7,8)4-5/h2H,1,3-4H2. The fraction of sp³-hybridized carbons (Fsp3) is 0.600. The zero-order chi connectivity index (χ0) is 7.61. The minimum absolute atomic E-state index is 0.0513. The molecule has 0 fully saturated rings. The van der Waals surface area contributed by atoms with Gasteiger partial charge >= 0.3 is 0 Å². The second-order valence-corrected chi connectivity index (χ2v) is 3.60. The van der Waals surface area contributed by atoms with Crippen molar-refractivity contribution >= 4 is 10.1 Å². The lowest BCUT2D eigenvalue weighted by Gasteiger charge is -1.96. The van der Waals surface area contributed by atoms with Crippen LogP contribution in [0.1, 0.15) is 6.42 Å². The van der Waals surface area contributed by atoms with Crippen LogP contribution in [0.3, 0.4) is 0 Å². The summed E-state index contributed by atoms with van der Waals surface area (Å²) in [5.74, 6) is -1.25. The topological polar surface area (TPSA) is 43.4 Å². The van der Waals surface area contributed by atoms with E-state index in [2.05, 4.69) is 4.18 Å². The van der Waals surface area contributed by atoms with Crippen molar-refractivity contribution < 1.29 is 17.0 Å². The van der Waals surface area contributed by atoms with E-state index in [4.69, 9.17) is 0 Å². The second kappa shape index (κ2) is 2.67. The molecule has 0 saturated carbocycles. The van der Waals surface area contributed by atoms with Crippen LogP contribution in [0.25, 0.3) is 0 Å². The molecule has 1 rings (SSSR count). The van der Waals surface area contributed by atoms with Crippen LogP contribution in [-0.4, -0.2) is 20.8 Å². The maximum Gasteiger partial charge on any atom is 0.273 e. The molecular weight excluding hydrogens is 159 g/mol. The van der Waals surface area contributed by atoms with Crippen molar-refractivity contribution in [2.24, 2.45) is 0 Å². The Hall–Kier alpha value is -0.420. The molecule has 0 unspecified atom stereocenters. The molecule has 0 aromatic carbocycles. The summed E-state index contributed by atoms with van der Waals surface area (Å²) in [7, 11) is -3.61. The van der Waals surface area contributed by atoms with E-state index >= 15 is 0 Å². The second-order valence-electron chi connectivity index (χ2n) is 1.96. The van der Waals surface area contributed by atoms with Crippen molar-refractivity contribution in [2.75, 3.05) is 12.4 Å². The zero-order valence-electron chi connectivity index (χ0n) is 5.21. The van der Waals surface area contributed by atoms with Gasteiger partial charge in [-0.25, -0.2) is 4.39 Å². The highest BCUT2D eigenvalue weighted by molar-refractivity contribution is 7.86. The lowest BCUT2D eigenvalue weighted by atomic mass is 10.4. The summed E-state index contributed by atoms with van der Waals surface area (Å²) < 4.78 is 37.8. The lowest BCUT2D eigenvalue weighted by molar-refractivity contribution is 0.329. The van der Waals surface area contributed by atoms with Crippen LogP contribution in [0, 0.1) is 0 Å². The van der Waals surface area contributed by atoms with E-state index in [1.807, 2.05) is 0 Å².